The topological polar surface area (TPSA) is 65.5 Å². The number of amides is 2. The highest BCUT2D eigenvalue weighted by molar-refractivity contribution is 7.09. The van der Waals surface area contributed by atoms with Crippen LogP contribution in [0, 0.1) is 0 Å². The maximum absolute atomic E-state index is 12.5. The van der Waals surface area contributed by atoms with Gasteiger partial charge < -0.3 is 10.2 Å². The molecule has 1 aliphatic heterocycles. The lowest BCUT2D eigenvalue weighted by molar-refractivity contribution is -0.122. The zero-order valence-corrected chi connectivity index (χ0v) is 14.6. The van der Waals surface area contributed by atoms with Crippen LogP contribution in [0.1, 0.15) is 48.1 Å². The number of nitrogens with one attached hydrogen (secondary N) is 1. The predicted molar refractivity (Wildman–Crippen MR) is 89.7 cm³/mol. The Labute approximate surface area is 140 Å². The van der Waals surface area contributed by atoms with Crippen LogP contribution < -0.4 is 5.32 Å². The van der Waals surface area contributed by atoms with Gasteiger partial charge in [-0.25, -0.2) is 4.98 Å². The summed E-state index contributed by atoms with van der Waals surface area (Å²) in [4.78, 5) is 32.7. The Morgan fingerprint density at radius 1 is 1.30 bits per heavy atom. The van der Waals surface area contributed by atoms with E-state index in [1.807, 2.05) is 10.3 Å². The zero-order valence-electron chi connectivity index (χ0n) is 13.7. The summed E-state index contributed by atoms with van der Waals surface area (Å²) in [6.07, 6.45) is 2.22. The van der Waals surface area contributed by atoms with Crippen LogP contribution in [0.3, 0.4) is 0 Å². The van der Waals surface area contributed by atoms with Crippen LogP contribution in [0.5, 0.6) is 0 Å². The highest BCUT2D eigenvalue weighted by Gasteiger charge is 2.27. The minimum Gasteiger partial charge on any atom is -0.352 e. The predicted octanol–water partition coefficient (Wildman–Crippen LogP) is 1.30. The largest absolute Gasteiger partial charge is 0.352 e. The number of hydrogen-bond donors (Lipinski definition) is 1. The van der Waals surface area contributed by atoms with Crippen molar-refractivity contribution < 1.29 is 9.59 Å². The standard InChI is InChI=1S/C16H24N4O2S/c1-11(2)15-18-13(10-23-15)16(22)20-7-5-19(6-8-20)9-14(21)17-12-3-4-12/h10-12H,3-9H2,1-2H3,(H,17,21). The average Bonchev–Trinajstić information content (AvgIpc) is 3.18. The van der Waals surface area contributed by atoms with Gasteiger partial charge in [-0.15, -0.1) is 11.3 Å². The second-order valence-corrected chi connectivity index (χ2v) is 7.53. The van der Waals surface area contributed by atoms with Crippen molar-refractivity contribution in [3.63, 3.8) is 0 Å². The highest BCUT2D eigenvalue weighted by Crippen LogP contribution is 2.20. The molecule has 1 aliphatic carbocycles. The maximum atomic E-state index is 12.5. The Hall–Kier alpha value is -1.47. The van der Waals surface area contributed by atoms with Crippen molar-refractivity contribution in [2.45, 2.75) is 38.6 Å². The third-order valence-corrected chi connectivity index (χ3v) is 5.35. The van der Waals surface area contributed by atoms with E-state index < -0.39 is 0 Å². The molecule has 2 fully saturated rings. The number of rotatable bonds is 5. The molecule has 2 amide bonds. The first-order chi connectivity index (χ1) is 11.0. The molecule has 6 nitrogen and oxygen atoms in total. The van der Waals surface area contributed by atoms with E-state index in [4.69, 9.17) is 0 Å². The van der Waals surface area contributed by atoms with Crippen molar-refractivity contribution in [3.8, 4) is 0 Å². The van der Waals surface area contributed by atoms with E-state index in [1.54, 1.807) is 11.3 Å². The van der Waals surface area contributed by atoms with E-state index in [9.17, 15) is 9.59 Å². The van der Waals surface area contributed by atoms with E-state index in [0.29, 0.717) is 37.3 Å². The summed E-state index contributed by atoms with van der Waals surface area (Å²) >= 11 is 1.55. The van der Waals surface area contributed by atoms with Gasteiger partial charge in [0.2, 0.25) is 5.91 Å². The smallest absolute Gasteiger partial charge is 0.273 e. The SMILES string of the molecule is CC(C)c1nc(C(=O)N2CCN(CC(=O)NC3CC3)CC2)cs1. The molecule has 0 unspecified atom stereocenters. The van der Waals surface area contributed by atoms with Crippen LogP contribution in [0.4, 0.5) is 0 Å². The number of carbonyl (C=O) groups excluding carboxylic acids is 2. The van der Waals surface area contributed by atoms with E-state index in [-0.39, 0.29) is 11.8 Å². The fourth-order valence-corrected chi connectivity index (χ4v) is 3.44. The quantitative estimate of drug-likeness (QED) is 0.880. The van der Waals surface area contributed by atoms with Crippen LogP contribution in [0.2, 0.25) is 0 Å². The summed E-state index contributed by atoms with van der Waals surface area (Å²) in [7, 11) is 0. The van der Waals surface area contributed by atoms with Crippen molar-refractivity contribution in [1.29, 1.82) is 0 Å². The molecule has 3 rings (SSSR count). The third kappa shape index (κ3) is 4.29. The second kappa shape index (κ2) is 6.97. The van der Waals surface area contributed by atoms with Crippen molar-refractivity contribution in [3.05, 3.63) is 16.1 Å². The number of thiazole rings is 1. The summed E-state index contributed by atoms with van der Waals surface area (Å²) in [5.74, 6) is 0.465. The summed E-state index contributed by atoms with van der Waals surface area (Å²) in [6, 6.07) is 0.408. The minimum atomic E-state index is 0.00947. The van der Waals surface area contributed by atoms with Gasteiger partial charge in [-0.2, -0.15) is 0 Å². The fraction of sp³-hybridized carbons (Fsp3) is 0.688. The number of piperazine rings is 1. The summed E-state index contributed by atoms with van der Waals surface area (Å²) < 4.78 is 0. The lowest BCUT2D eigenvalue weighted by Gasteiger charge is -2.34. The molecule has 7 heteroatoms. The van der Waals surface area contributed by atoms with Crippen molar-refractivity contribution >= 4 is 23.2 Å². The lowest BCUT2D eigenvalue weighted by Crippen LogP contribution is -2.51. The van der Waals surface area contributed by atoms with Crippen LogP contribution in [-0.2, 0) is 4.79 Å². The molecule has 0 aromatic carbocycles. The first-order valence-corrected chi connectivity index (χ1v) is 9.17. The van der Waals surface area contributed by atoms with Crippen LogP contribution in [0.15, 0.2) is 5.38 Å². The lowest BCUT2D eigenvalue weighted by atomic mass is 10.2. The monoisotopic (exact) mass is 336 g/mol. The molecule has 126 valence electrons. The van der Waals surface area contributed by atoms with Gasteiger partial charge >= 0.3 is 0 Å². The Bertz CT molecular complexity index is 574. The van der Waals surface area contributed by atoms with E-state index in [1.165, 1.54) is 0 Å². The normalized spacial score (nSPS) is 19.2. The van der Waals surface area contributed by atoms with Crippen molar-refractivity contribution in [1.82, 2.24) is 20.1 Å². The third-order valence-electron chi connectivity index (χ3n) is 4.20. The number of aromatic nitrogens is 1. The van der Waals surface area contributed by atoms with Crippen LogP contribution in [-0.4, -0.2) is 65.4 Å². The molecule has 0 bridgehead atoms. The number of hydrogen-bond acceptors (Lipinski definition) is 5. The molecule has 1 saturated heterocycles. The molecule has 1 aromatic rings. The Morgan fingerprint density at radius 2 is 2.00 bits per heavy atom. The maximum Gasteiger partial charge on any atom is 0.273 e. The molecular formula is C16H24N4O2S. The van der Waals surface area contributed by atoms with E-state index >= 15 is 0 Å². The second-order valence-electron chi connectivity index (χ2n) is 6.64. The molecule has 23 heavy (non-hydrogen) atoms. The number of carbonyl (C=O) groups is 2. The molecule has 2 heterocycles. The van der Waals surface area contributed by atoms with E-state index in [0.717, 1.165) is 30.9 Å². The van der Waals surface area contributed by atoms with Gasteiger partial charge in [-0.05, 0) is 12.8 Å². The van der Waals surface area contributed by atoms with Crippen LogP contribution >= 0.6 is 11.3 Å². The van der Waals surface area contributed by atoms with Gasteiger partial charge in [0.15, 0.2) is 0 Å². The van der Waals surface area contributed by atoms with Gasteiger partial charge in [-0.3, -0.25) is 14.5 Å². The fourth-order valence-electron chi connectivity index (χ4n) is 2.63. The molecular weight excluding hydrogens is 312 g/mol. The molecule has 1 saturated carbocycles. The van der Waals surface area contributed by atoms with Gasteiger partial charge in [0, 0.05) is 43.5 Å². The molecule has 0 spiro atoms. The van der Waals surface area contributed by atoms with Crippen molar-refractivity contribution in [2.75, 3.05) is 32.7 Å². The Balaban J connectivity index is 1.47. The van der Waals surface area contributed by atoms with E-state index in [2.05, 4.69) is 29.0 Å². The highest BCUT2D eigenvalue weighted by atomic mass is 32.1. The summed E-state index contributed by atoms with van der Waals surface area (Å²) in [5, 5.41) is 5.86. The zero-order chi connectivity index (χ0) is 16.4. The molecule has 0 atom stereocenters. The minimum absolute atomic E-state index is 0.00947. The van der Waals surface area contributed by atoms with Crippen molar-refractivity contribution in [2.24, 2.45) is 0 Å². The molecule has 0 radical (unpaired) electrons. The number of nitrogens with zero attached hydrogens (tertiary/aromatic N) is 3. The summed E-state index contributed by atoms with van der Waals surface area (Å²) in [6.45, 7) is 7.40. The van der Waals surface area contributed by atoms with Gasteiger partial charge in [0.05, 0.1) is 11.6 Å². The van der Waals surface area contributed by atoms with Gasteiger partial charge in [-0.1, -0.05) is 13.8 Å². The Kier molecular flexibility index (Phi) is 4.96. The first kappa shape index (κ1) is 16.4. The molecule has 2 aliphatic rings. The molecule has 1 aromatic heterocycles. The summed E-state index contributed by atoms with van der Waals surface area (Å²) in [5.41, 5.74) is 0.554. The first-order valence-electron chi connectivity index (χ1n) is 8.29. The van der Waals surface area contributed by atoms with Crippen LogP contribution in [0.25, 0.3) is 0 Å². The Morgan fingerprint density at radius 3 is 2.57 bits per heavy atom. The van der Waals surface area contributed by atoms with Gasteiger partial charge in [0.25, 0.3) is 5.91 Å². The van der Waals surface area contributed by atoms with Gasteiger partial charge in [0.1, 0.15) is 5.69 Å². The average molecular weight is 336 g/mol. The molecule has 1 N–H and O–H groups in total.